The zero-order valence-corrected chi connectivity index (χ0v) is 13.4. The first-order valence-corrected chi connectivity index (χ1v) is 8.76. The van der Waals surface area contributed by atoms with E-state index in [2.05, 4.69) is 4.72 Å². The van der Waals surface area contributed by atoms with Gasteiger partial charge in [-0.15, -0.1) is 0 Å². The van der Waals surface area contributed by atoms with E-state index in [0.717, 1.165) is 18.2 Å². The Kier molecular flexibility index (Phi) is 4.70. The fourth-order valence-corrected chi connectivity index (χ4v) is 2.90. The molecule has 0 saturated carbocycles. The van der Waals surface area contributed by atoms with Gasteiger partial charge in [0.15, 0.2) is 0 Å². The fourth-order valence-electron chi connectivity index (χ4n) is 2.28. The molecule has 0 bridgehead atoms. The number of nitrogens with zero attached hydrogens (tertiary/aromatic N) is 2. The SMILES string of the molecule is Cc1ccc(C(=O)N2CCN(C=O)CC2)cc1NS(C)(=O)=O. The standard InChI is InChI=1S/C14H19N3O4S/c1-11-3-4-12(9-13(11)15-22(2,20)21)14(19)17-7-5-16(10-18)6-8-17/h3-4,9-10,15H,5-8H2,1-2H3. The molecule has 1 aromatic carbocycles. The minimum absolute atomic E-state index is 0.165. The number of carbonyl (C=O) groups excluding carboxylic acids is 2. The Morgan fingerprint density at radius 2 is 1.86 bits per heavy atom. The van der Waals surface area contributed by atoms with Gasteiger partial charge in [-0.3, -0.25) is 14.3 Å². The van der Waals surface area contributed by atoms with Gasteiger partial charge < -0.3 is 9.80 Å². The summed E-state index contributed by atoms with van der Waals surface area (Å²) in [5, 5.41) is 0. The highest BCUT2D eigenvalue weighted by atomic mass is 32.2. The number of benzene rings is 1. The summed E-state index contributed by atoms with van der Waals surface area (Å²) in [6.45, 7) is 3.73. The Labute approximate surface area is 129 Å². The summed E-state index contributed by atoms with van der Waals surface area (Å²) in [4.78, 5) is 26.4. The molecule has 1 aliphatic heterocycles. The van der Waals surface area contributed by atoms with E-state index in [0.29, 0.717) is 37.4 Å². The Balaban J connectivity index is 2.17. The van der Waals surface area contributed by atoms with Crippen LogP contribution in [0.15, 0.2) is 18.2 Å². The first-order chi connectivity index (χ1) is 10.3. The van der Waals surface area contributed by atoms with Crippen molar-refractivity contribution in [3.63, 3.8) is 0 Å². The van der Waals surface area contributed by atoms with Crippen molar-refractivity contribution in [3.8, 4) is 0 Å². The number of carbonyl (C=O) groups is 2. The molecular weight excluding hydrogens is 306 g/mol. The predicted octanol–water partition coefficient (Wildman–Crippen LogP) is 0.281. The summed E-state index contributed by atoms with van der Waals surface area (Å²) in [5.41, 5.74) is 1.57. The van der Waals surface area contributed by atoms with Crippen molar-refractivity contribution in [2.24, 2.45) is 0 Å². The molecule has 1 aliphatic rings. The predicted molar refractivity (Wildman–Crippen MR) is 83.2 cm³/mol. The van der Waals surface area contributed by atoms with E-state index < -0.39 is 10.0 Å². The quantitative estimate of drug-likeness (QED) is 0.806. The van der Waals surface area contributed by atoms with Gasteiger partial charge in [-0.2, -0.15) is 0 Å². The van der Waals surface area contributed by atoms with E-state index in [9.17, 15) is 18.0 Å². The highest BCUT2D eigenvalue weighted by Gasteiger charge is 2.22. The second-order valence-electron chi connectivity index (χ2n) is 5.34. The van der Waals surface area contributed by atoms with Crippen molar-refractivity contribution in [2.75, 3.05) is 37.2 Å². The summed E-state index contributed by atoms with van der Waals surface area (Å²) in [5.74, 6) is -0.165. The van der Waals surface area contributed by atoms with Crippen LogP contribution in [0.4, 0.5) is 5.69 Å². The number of sulfonamides is 1. The van der Waals surface area contributed by atoms with E-state index in [4.69, 9.17) is 0 Å². The molecule has 8 heteroatoms. The molecule has 22 heavy (non-hydrogen) atoms. The van der Waals surface area contributed by atoms with Gasteiger partial charge in [-0.1, -0.05) is 6.07 Å². The van der Waals surface area contributed by atoms with Crippen LogP contribution >= 0.6 is 0 Å². The number of amides is 2. The minimum Gasteiger partial charge on any atom is -0.342 e. The maximum absolute atomic E-state index is 12.5. The first-order valence-electron chi connectivity index (χ1n) is 6.87. The minimum atomic E-state index is -3.40. The van der Waals surface area contributed by atoms with Gasteiger partial charge in [-0.05, 0) is 24.6 Å². The number of nitrogens with one attached hydrogen (secondary N) is 1. The van der Waals surface area contributed by atoms with Crippen LogP contribution in [0, 0.1) is 6.92 Å². The number of aryl methyl sites for hydroxylation is 1. The monoisotopic (exact) mass is 325 g/mol. The maximum atomic E-state index is 12.5. The Morgan fingerprint density at radius 1 is 1.23 bits per heavy atom. The molecule has 1 fully saturated rings. The van der Waals surface area contributed by atoms with Crippen LogP contribution in [0.1, 0.15) is 15.9 Å². The average Bonchev–Trinajstić information content (AvgIpc) is 2.47. The third-order valence-corrected chi connectivity index (χ3v) is 4.12. The third kappa shape index (κ3) is 3.97. The molecule has 0 aromatic heterocycles. The van der Waals surface area contributed by atoms with Crippen molar-refractivity contribution in [2.45, 2.75) is 6.92 Å². The summed E-state index contributed by atoms with van der Waals surface area (Å²) in [6, 6.07) is 4.93. The molecule has 2 rings (SSSR count). The van der Waals surface area contributed by atoms with Gasteiger partial charge in [-0.25, -0.2) is 8.42 Å². The molecule has 2 amide bonds. The van der Waals surface area contributed by atoms with E-state index in [1.165, 1.54) is 0 Å². The van der Waals surface area contributed by atoms with Gasteiger partial charge in [0.25, 0.3) is 5.91 Å². The summed E-state index contributed by atoms with van der Waals surface area (Å²) in [7, 11) is -3.40. The van der Waals surface area contributed by atoms with Gasteiger partial charge in [0, 0.05) is 31.7 Å². The maximum Gasteiger partial charge on any atom is 0.254 e. The highest BCUT2D eigenvalue weighted by molar-refractivity contribution is 7.92. The van der Waals surface area contributed by atoms with Crippen molar-refractivity contribution < 1.29 is 18.0 Å². The van der Waals surface area contributed by atoms with Crippen molar-refractivity contribution in [3.05, 3.63) is 29.3 Å². The topological polar surface area (TPSA) is 86.8 Å². The van der Waals surface area contributed by atoms with Crippen molar-refractivity contribution in [1.29, 1.82) is 0 Å². The Bertz CT molecular complexity index is 679. The Morgan fingerprint density at radius 3 is 2.41 bits per heavy atom. The lowest BCUT2D eigenvalue weighted by atomic mass is 10.1. The van der Waals surface area contributed by atoms with E-state index in [1.54, 1.807) is 34.9 Å². The van der Waals surface area contributed by atoms with Gasteiger partial charge in [0.05, 0.1) is 11.9 Å². The first kappa shape index (κ1) is 16.3. The fraction of sp³-hybridized carbons (Fsp3) is 0.429. The molecule has 0 aliphatic carbocycles. The molecular formula is C14H19N3O4S. The van der Waals surface area contributed by atoms with Crippen LogP contribution in [0.25, 0.3) is 0 Å². The van der Waals surface area contributed by atoms with Gasteiger partial charge >= 0.3 is 0 Å². The van der Waals surface area contributed by atoms with Crippen LogP contribution in [0.3, 0.4) is 0 Å². The molecule has 1 heterocycles. The lowest BCUT2D eigenvalue weighted by Gasteiger charge is -2.32. The summed E-state index contributed by atoms with van der Waals surface area (Å²) < 4.78 is 25.1. The molecule has 0 radical (unpaired) electrons. The number of piperazine rings is 1. The van der Waals surface area contributed by atoms with Crippen LogP contribution in [-0.2, 0) is 14.8 Å². The van der Waals surface area contributed by atoms with Crippen LogP contribution in [0.2, 0.25) is 0 Å². The second kappa shape index (κ2) is 6.35. The van der Waals surface area contributed by atoms with Crippen molar-refractivity contribution in [1.82, 2.24) is 9.80 Å². The lowest BCUT2D eigenvalue weighted by Crippen LogP contribution is -2.48. The van der Waals surface area contributed by atoms with Crippen LogP contribution in [0.5, 0.6) is 0 Å². The van der Waals surface area contributed by atoms with Crippen molar-refractivity contribution >= 4 is 28.0 Å². The molecule has 7 nitrogen and oxygen atoms in total. The smallest absolute Gasteiger partial charge is 0.254 e. The molecule has 1 saturated heterocycles. The lowest BCUT2D eigenvalue weighted by molar-refractivity contribution is -0.119. The van der Waals surface area contributed by atoms with Gasteiger partial charge in [0.1, 0.15) is 0 Å². The normalized spacial score (nSPS) is 15.5. The summed E-state index contributed by atoms with van der Waals surface area (Å²) >= 11 is 0. The second-order valence-corrected chi connectivity index (χ2v) is 7.09. The van der Waals surface area contributed by atoms with Gasteiger partial charge in [0.2, 0.25) is 16.4 Å². The van der Waals surface area contributed by atoms with E-state index in [1.807, 2.05) is 0 Å². The Hall–Kier alpha value is -2.09. The molecule has 0 unspecified atom stereocenters. The number of anilines is 1. The van der Waals surface area contributed by atoms with Crippen LogP contribution in [-0.4, -0.2) is 63.0 Å². The number of hydrogen-bond acceptors (Lipinski definition) is 4. The summed E-state index contributed by atoms with van der Waals surface area (Å²) in [6.07, 6.45) is 1.85. The highest BCUT2D eigenvalue weighted by Crippen LogP contribution is 2.19. The average molecular weight is 325 g/mol. The molecule has 1 N–H and O–H groups in total. The zero-order valence-electron chi connectivity index (χ0n) is 12.6. The molecule has 1 aromatic rings. The van der Waals surface area contributed by atoms with E-state index in [-0.39, 0.29) is 5.91 Å². The number of hydrogen-bond donors (Lipinski definition) is 1. The largest absolute Gasteiger partial charge is 0.342 e. The zero-order chi connectivity index (χ0) is 16.3. The number of rotatable bonds is 4. The van der Waals surface area contributed by atoms with Crippen LogP contribution < -0.4 is 4.72 Å². The molecule has 0 atom stereocenters. The molecule has 0 spiro atoms. The third-order valence-electron chi connectivity index (χ3n) is 3.53. The van der Waals surface area contributed by atoms with E-state index >= 15 is 0 Å². The molecule has 120 valence electrons.